The van der Waals surface area contributed by atoms with Gasteiger partial charge in [-0.15, -0.1) is 0 Å². The first-order valence-corrected chi connectivity index (χ1v) is 6.34. The maximum atomic E-state index is 12.2. The zero-order valence-corrected chi connectivity index (χ0v) is 10.4. The lowest BCUT2D eigenvalue weighted by Crippen LogP contribution is -2.43. The minimum Gasteiger partial charge on any atom is -0.341 e. The lowest BCUT2D eigenvalue weighted by atomic mass is 9.98. The molecule has 0 aromatic rings. The molecule has 0 spiro atoms. The van der Waals surface area contributed by atoms with E-state index in [1.54, 1.807) is 0 Å². The van der Waals surface area contributed by atoms with E-state index in [2.05, 4.69) is 29.2 Å². The fourth-order valence-electron chi connectivity index (χ4n) is 2.68. The maximum Gasteiger partial charge on any atom is 0.227 e. The Balaban J connectivity index is 1.86. The van der Waals surface area contributed by atoms with Crippen LogP contribution in [0.15, 0.2) is 0 Å². The van der Waals surface area contributed by atoms with Crippen molar-refractivity contribution < 1.29 is 4.79 Å². The molecule has 2 heterocycles. The molecule has 4 heteroatoms. The van der Waals surface area contributed by atoms with Crippen molar-refractivity contribution in [1.82, 2.24) is 15.1 Å². The van der Waals surface area contributed by atoms with E-state index in [1.807, 2.05) is 0 Å². The van der Waals surface area contributed by atoms with Crippen LogP contribution in [0.4, 0.5) is 0 Å². The Kier molecular flexibility index (Phi) is 3.82. The van der Waals surface area contributed by atoms with Gasteiger partial charge >= 0.3 is 0 Å². The van der Waals surface area contributed by atoms with Crippen molar-refractivity contribution >= 4 is 5.91 Å². The molecular formula is C12H23N3O. The molecule has 2 aliphatic heterocycles. The van der Waals surface area contributed by atoms with Gasteiger partial charge in [0.25, 0.3) is 0 Å². The van der Waals surface area contributed by atoms with E-state index in [0.717, 1.165) is 45.4 Å². The van der Waals surface area contributed by atoms with Crippen LogP contribution in [-0.4, -0.2) is 62.0 Å². The highest BCUT2D eigenvalue weighted by molar-refractivity contribution is 5.79. The second kappa shape index (κ2) is 5.15. The molecule has 0 bridgehead atoms. The van der Waals surface area contributed by atoms with E-state index in [1.165, 1.54) is 0 Å². The summed E-state index contributed by atoms with van der Waals surface area (Å²) in [6.07, 6.45) is 3.33. The Hall–Kier alpha value is -0.610. The molecule has 2 rings (SSSR count). The number of carbonyl (C=O) groups is 1. The molecule has 2 fully saturated rings. The number of nitrogens with zero attached hydrogens (tertiary/aromatic N) is 2. The van der Waals surface area contributed by atoms with Crippen LogP contribution in [0.2, 0.25) is 0 Å². The van der Waals surface area contributed by atoms with E-state index in [-0.39, 0.29) is 5.92 Å². The second-order valence-corrected chi connectivity index (χ2v) is 5.23. The molecule has 16 heavy (non-hydrogen) atoms. The third kappa shape index (κ3) is 2.55. The Morgan fingerprint density at radius 1 is 1.38 bits per heavy atom. The zero-order chi connectivity index (χ0) is 11.5. The minimum atomic E-state index is 0.231. The van der Waals surface area contributed by atoms with Crippen molar-refractivity contribution in [3.8, 4) is 0 Å². The molecule has 0 aromatic heterocycles. The van der Waals surface area contributed by atoms with Crippen molar-refractivity contribution in [2.75, 3.05) is 40.3 Å². The highest BCUT2D eigenvalue weighted by Crippen LogP contribution is 2.19. The maximum absolute atomic E-state index is 12.2. The van der Waals surface area contributed by atoms with Crippen molar-refractivity contribution in [3.63, 3.8) is 0 Å². The molecule has 92 valence electrons. The van der Waals surface area contributed by atoms with Gasteiger partial charge in [0.05, 0.1) is 5.92 Å². The first kappa shape index (κ1) is 11.9. The fourth-order valence-corrected chi connectivity index (χ4v) is 2.68. The predicted octanol–water partition coefficient (Wildman–Crippen LogP) is 0.149. The topological polar surface area (TPSA) is 35.6 Å². The van der Waals surface area contributed by atoms with E-state index in [4.69, 9.17) is 0 Å². The number of hydrogen-bond donors (Lipinski definition) is 1. The van der Waals surface area contributed by atoms with Crippen molar-refractivity contribution in [1.29, 1.82) is 0 Å². The summed E-state index contributed by atoms with van der Waals surface area (Å²) in [6, 6.07) is 0.556. The van der Waals surface area contributed by atoms with Gasteiger partial charge in [0.1, 0.15) is 0 Å². The number of rotatable bonds is 2. The lowest BCUT2D eigenvalue weighted by molar-refractivity contribution is -0.135. The van der Waals surface area contributed by atoms with E-state index in [9.17, 15) is 4.79 Å². The summed E-state index contributed by atoms with van der Waals surface area (Å²) >= 11 is 0. The zero-order valence-electron chi connectivity index (χ0n) is 10.4. The fraction of sp³-hybridized carbons (Fsp3) is 0.917. The standard InChI is InChI=1S/C12H23N3O/c1-14(2)11-5-7-15(9-11)12(16)10-4-3-6-13-8-10/h10-11,13H,3-9H2,1-2H3/t10-,11?/m1/s1. The number of hydrogen-bond acceptors (Lipinski definition) is 3. The Labute approximate surface area is 98.0 Å². The van der Waals surface area contributed by atoms with Crippen LogP contribution in [0, 0.1) is 5.92 Å². The molecule has 2 atom stereocenters. The average molecular weight is 225 g/mol. The van der Waals surface area contributed by atoms with Crippen LogP contribution in [0.5, 0.6) is 0 Å². The molecular weight excluding hydrogens is 202 g/mol. The van der Waals surface area contributed by atoms with Gasteiger partial charge < -0.3 is 15.1 Å². The van der Waals surface area contributed by atoms with E-state index < -0.39 is 0 Å². The van der Waals surface area contributed by atoms with Gasteiger partial charge in [-0.3, -0.25) is 4.79 Å². The number of nitrogens with one attached hydrogen (secondary N) is 1. The van der Waals surface area contributed by atoms with Gasteiger partial charge in [0, 0.05) is 25.7 Å². The highest BCUT2D eigenvalue weighted by Gasteiger charge is 2.31. The van der Waals surface area contributed by atoms with Gasteiger partial charge in [0.15, 0.2) is 0 Å². The number of likely N-dealkylation sites (N-methyl/N-ethyl adjacent to an activating group) is 1. The van der Waals surface area contributed by atoms with Crippen molar-refractivity contribution in [3.05, 3.63) is 0 Å². The smallest absolute Gasteiger partial charge is 0.227 e. The number of piperidine rings is 1. The third-order valence-electron chi connectivity index (χ3n) is 3.85. The van der Waals surface area contributed by atoms with E-state index >= 15 is 0 Å². The Morgan fingerprint density at radius 3 is 2.75 bits per heavy atom. The van der Waals surface area contributed by atoms with Gasteiger partial charge in [-0.25, -0.2) is 0 Å². The Morgan fingerprint density at radius 2 is 2.19 bits per heavy atom. The predicted molar refractivity (Wildman–Crippen MR) is 64.3 cm³/mol. The van der Waals surface area contributed by atoms with E-state index in [0.29, 0.717) is 11.9 Å². The lowest BCUT2D eigenvalue weighted by Gasteiger charge is -2.27. The molecule has 2 saturated heterocycles. The summed E-state index contributed by atoms with van der Waals surface area (Å²) in [5.41, 5.74) is 0. The number of likely N-dealkylation sites (tertiary alicyclic amines) is 1. The first-order valence-electron chi connectivity index (χ1n) is 6.34. The molecule has 1 unspecified atom stereocenters. The SMILES string of the molecule is CN(C)C1CCN(C(=O)[C@@H]2CCCNC2)C1. The summed E-state index contributed by atoms with van der Waals surface area (Å²) < 4.78 is 0. The molecule has 1 N–H and O–H groups in total. The van der Waals surface area contributed by atoms with Crippen LogP contribution in [0.25, 0.3) is 0 Å². The molecule has 0 saturated carbocycles. The summed E-state index contributed by atoms with van der Waals surface area (Å²) in [5.74, 6) is 0.603. The van der Waals surface area contributed by atoms with Gasteiger partial charge in [-0.2, -0.15) is 0 Å². The molecule has 0 aromatic carbocycles. The summed E-state index contributed by atoms with van der Waals surface area (Å²) in [4.78, 5) is 16.5. The van der Waals surface area contributed by atoms with Crippen molar-refractivity contribution in [2.24, 2.45) is 5.92 Å². The number of amides is 1. The molecule has 2 aliphatic rings. The molecule has 1 amide bonds. The minimum absolute atomic E-state index is 0.231. The third-order valence-corrected chi connectivity index (χ3v) is 3.85. The number of carbonyl (C=O) groups excluding carboxylic acids is 1. The summed E-state index contributed by atoms with van der Waals surface area (Å²) in [6.45, 7) is 3.81. The van der Waals surface area contributed by atoms with Crippen LogP contribution < -0.4 is 5.32 Å². The quantitative estimate of drug-likeness (QED) is 0.726. The average Bonchev–Trinajstić information content (AvgIpc) is 2.78. The van der Waals surface area contributed by atoms with Gasteiger partial charge in [0.2, 0.25) is 5.91 Å². The summed E-state index contributed by atoms with van der Waals surface area (Å²) in [5, 5.41) is 3.32. The van der Waals surface area contributed by atoms with Gasteiger partial charge in [-0.05, 0) is 39.9 Å². The van der Waals surface area contributed by atoms with Crippen molar-refractivity contribution in [2.45, 2.75) is 25.3 Å². The molecule has 0 aliphatic carbocycles. The van der Waals surface area contributed by atoms with Crippen LogP contribution in [0.1, 0.15) is 19.3 Å². The largest absolute Gasteiger partial charge is 0.341 e. The van der Waals surface area contributed by atoms with Crippen LogP contribution >= 0.6 is 0 Å². The normalized spacial score (nSPS) is 31.1. The molecule has 0 radical (unpaired) electrons. The van der Waals surface area contributed by atoms with Gasteiger partial charge in [-0.1, -0.05) is 0 Å². The second-order valence-electron chi connectivity index (χ2n) is 5.23. The van der Waals surface area contributed by atoms with Crippen LogP contribution in [-0.2, 0) is 4.79 Å². The molecule has 4 nitrogen and oxygen atoms in total. The first-order chi connectivity index (χ1) is 7.68. The highest BCUT2D eigenvalue weighted by atomic mass is 16.2. The van der Waals surface area contributed by atoms with Crippen LogP contribution in [0.3, 0.4) is 0 Å². The Bertz CT molecular complexity index is 249. The summed E-state index contributed by atoms with van der Waals surface area (Å²) in [7, 11) is 4.20. The monoisotopic (exact) mass is 225 g/mol.